The highest BCUT2D eigenvalue weighted by Crippen LogP contribution is 2.33. The largest absolute Gasteiger partial charge is 0.489 e. The average molecular weight is 246 g/mol. The van der Waals surface area contributed by atoms with Gasteiger partial charge in [0.05, 0.1) is 6.10 Å². The van der Waals surface area contributed by atoms with Crippen molar-refractivity contribution in [2.45, 2.75) is 25.6 Å². The average Bonchev–Trinajstić information content (AvgIpc) is 2.97. The summed E-state index contributed by atoms with van der Waals surface area (Å²) in [4.78, 5) is 0. The monoisotopic (exact) mass is 246 g/mol. The molecule has 0 amide bonds. The fourth-order valence-corrected chi connectivity index (χ4v) is 2.86. The molecule has 88 valence electrons. The number of aliphatic hydroxyl groups excluding tert-OH is 1. The number of rotatable bonds is 3. The fraction of sp³-hybridized carbons (Fsp3) is 0.286. The number of hydrogen-bond acceptors (Lipinski definition) is 3. The minimum Gasteiger partial charge on any atom is -0.489 e. The van der Waals surface area contributed by atoms with Crippen LogP contribution in [0.25, 0.3) is 0 Å². The molecule has 1 aromatic carbocycles. The first-order valence-electron chi connectivity index (χ1n) is 5.78. The SMILES string of the molecule is O[C@@H]1CCc2cc(OCc3ccsc3)ccc21. The molecule has 0 bridgehead atoms. The zero-order chi connectivity index (χ0) is 11.7. The predicted octanol–water partition coefficient (Wildman–Crippen LogP) is 3.31. The second kappa shape index (κ2) is 4.51. The minimum absolute atomic E-state index is 0.282. The molecule has 2 nitrogen and oxygen atoms in total. The summed E-state index contributed by atoms with van der Waals surface area (Å²) in [6.45, 7) is 0.616. The lowest BCUT2D eigenvalue weighted by Gasteiger charge is -2.08. The third kappa shape index (κ3) is 2.21. The Balaban J connectivity index is 1.72. The maximum atomic E-state index is 9.71. The topological polar surface area (TPSA) is 29.5 Å². The van der Waals surface area contributed by atoms with E-state index in [9.17, 15) is 5.11 Å². The summed E-state index contributed by atoms with van der Waals surface area (Å²) in [5, 5.41) is 13.9. The number of aryl methyl sites for hydroxylation is 1. The van der Waals surface area contributed by atoms with E-state index in [4.69, 9.17) is 4.74 Å². The molecule has 3 heteroatoms. The van der Waals surface area contributed by atoms with Gasteiger partial charge in [-0.05, 0) is 58.5 Å². The molecule has 1 atom stereocenters. The lowest BCUT2D eigenvalue weighted by molar-refractivity contribution is 0.180. The van der Waals surface area contributed by atoms with Crippen molar-refractivity contribution in [2.75, 3.05) is 0 Å². The van der Waals surface area contributed by atoms with E-state index >= 15 is 0 Å². The molecule has 17 heavy (non-hydrogen) atoms. The molecule has 1 aliphatic carbocycles. The fourth-order valence-electron chi connectivity index (χ4n) is 2.20. The molecule has 1 aromatic heterocycles. The van der Waals surface area contributed by atoms with Gasteiger partial charge in [0.2, 0.25) is 0 Å². The lowest BCUT2D eigenvalue weighted by atomic mass is 10.1. The van der Waals surface area contributed by atoms with Crippen LogP contribution in [0.5, 0.6) is 5.75 Å². The number of fused-ring (bicyclic) bond motifs is 1. The zero-order valence-electron chi connectivity index (χ0n) is 9.43. The molecule has 0 saturated carbocycles. The van der Waals surface area contributed by atoms with Gasteiger partial charge in [0, 0.05) is 0 Å². The summed E-state index contributed by atoms with van der Waals surface area (Å²) in [7, 11) is 0. The molecule has 2 aromatic rings. The molecular weight excluding hydrogens is 232 g/mol. The summed E-state index contributed by atoms with van der Waals surface area (Å²) in [5.41, 5.74) is 3.49. The second-order valence-corrected chi connectivity index (χ2v) is 5.12. The van der Waals surface area contributed by atoms with Gasteiger partial charge in [-0.3, -0.25) is 0 Å². The van der Waals surface area contributed by atoms with Crippen LogP contribution in [0.3, 0.4) is 0 Å². The van der Waals surface area contributed by atoms with Crippen LogP contribution in [0.2, 0.25) is 0 Å². The lowest BCUT2D eigenvalue weighted by Crippen LogP contribution is -1.95. The van der Waals surface area contributed by atoms with Crippen molar-refractivity contribution in [3.05, 3.63) is 51.7 Å². The molecule has 0 unspecified atom stereocenters. The quantitative estimate of drug-likeness (QED) is 0.900. The van der Waals surface area contributed by atoms with Crippen LogP contribution < -0.4 is 4.74 Å². The maximum absolute atomic E-state index is 9.71. The molecule has 3 rings (SSSR count). The van der Waals surface area contributed by atoms with Crippen molar-refractivity contribution in [1.29, 1.82) is 0 Å². The first kappa shape index (κ1) is 10.8. The highest BCUT2D eigenvalue weighted by molar-refractivity contribution is 7.07. The van der Waals surface area contributed by atoms with Crippen LogP contribution in [0.4, 0.5) is 0 Å². The summed E-state index contributed by atoms with van der Waals surface area (Å²) in [6, 6.07) is 8.05. The zero-order valence-corrected chi connectivity index (χ0v) is 10.2. The van der Waals surface area contributed by atoms with Gasteiger partial charge >= 0.3 is 0 Å². The molecule has 1 aliphatic rings. The predicted molar refractivity (Wildman–Crippen MR) is 68.4 cm³/mol. The number of ether oxygens (including phenoxy) is 1. The van der Waals surface area contributed by atoms with E-state index in [2.05, 4.69) is 22.9 Å². The van der Waals surface area contributed by atoms with Crippen LogP contribution in [0, 0.1) is 0 Å². The second-order valence-electron chi connectivity index (χ2n) is 4.34. The summed E-state index contributed by atoms with van der Waals surface area (Å²) < 4.78 is 5.74. The van der Waals surface area contributed by atoms with Gasteiger partial charge in [-0.2, -0.15) is 11.3 Å². The van der Waals surface area contributed by atoms with E-state index in [-0.39, 0.29) is 6.10 Å². The third-order valence-corrected chi connectivity index (χ3v) is 3.88. The van der Waals surface area contributed by atoms with E-state index in [1.165, 1.54) is 11.1 Å². The van der Waals surface area contributed by atoms with Gasteiger partial charge in [-0.1, -0.05) is 6.07 Å². The Kier molecular flexibility index (Phi) is 2.87. The number of hydrogen-bond donors (Lipinski definition) is 1. The molecule has 0 spiro atoms. The Hall–Kier alpha value is -1.32. The van der Waals surface area contributed by atoms with Crippen molar-refractivity contribution in [3.63, 3.8) is 0 Å². The normalized spacial score (nSPS) is 18.1. The van der Waals surface area contributed by atoms with Crippen molar-refractivity contribution in [2.24, 2.45) is 0 Å². The summed E-state index contributed by atoms with van der Waals surface area (Å²) in [6.07, 6.45) is 1.51. The number of benzene rings is 1. The standard InChI is InChI=1S/C14H14O2S/c15-14-4-1-11-7-12(2-3-13(11)14)16-8-10-5-6-17-9-10/h2-3,5-7,9,14-15H,1,4,8H2/t14-/m1/s1. The van der Waals surface area contributed by atoms with Gasteiger partial charge < -0.3 is 9.84 Å². The minimum atomic E-state index is -0.282. The van der Waals surface area contributed by atoms with Crippen LogP contribution in [-0.2, 0) is 13.0 Å². The van der Waals surface area contributed by atoms with Crippen LogP contribution in [-0.4, -0.2) is 5.11 Å². The highest BCUT2D eigenvalue weighted by atomic mass is 32.1. The van der Waals surface area contributed by atoms with E-state index in [1.54, 1.807) is 11.3 Å². The molecule has 0 radical (unpaired) electrons. The molecule has 0 aliphatic heterocycles. The van der Waals surface area contributed by atoms with Crippen LogP contribution in [0.1, 0.15) is 29.2 Å². The summed E-state index contributed by atoms with van der Waals surface area (Å²) in [5.74, 6) is 0.893. The molecule has 0 fully saturated rings. The van der Waals surface area contributed by atoms with E-state index in [0.717, 1.165) is 24.2 Å². The number of aliphatic hydroxyl groups is 1. The third-order valence-electron chi connectivity index (χ3n) is 3.15. The van der Waals surface area contributed by atoms with E-state index in [1.807, 2.05) is 12.1 Å². The van der Waals surface area contributed by atoms with Crippen LogP contribution >= 0.6 is 11.3 Å². The molecular formula is C14H14O2S. The van der Waals surface area contributed by atoms with E-state index < -0.39 is 0 Å². The van der Waals surface area contributed by atoms with E-state index in [0.29, 0.717) is 6.61 Å². The molecule has 1 heterocycles. The Labute approximate surface area is 104 Å². The summed E-state index contributed by atoms with van der Waals surface area (Å²) >= 11 is 1.68. The Bertz CT molecular complexity index is 505. The Morgan fingerprint density at radius 3 is 3.12 bits per heavy atom. The van der Waals surface area contributed by atoms with Gasteiger partial charge in [0.1, 0.15) is 12.4 Å². The maximum Gasteiger partial charge on any atom is 0.120 e. The Morgan fingerprint density at radius 2 is 2.29 bits per heavy atom. The van der Waals surface area contributed by atoms with Crippen molar-refractivity contribution >= 4 is 11.3 Å². The first-order chi connectivity index (χ1) is 8.33. The van der Waals surface area contributed by atoms with Crippen molar-refractivity contribution in [3.8, 4) is 5.75 Å². The van der Waals surface area contributed by atoms with Crippen molar-refractivity contribution in [1.82, 2.24) is 0 Å². The molecule has 1 N–H and O–H groups in total. The molecule has 0 saturated heterocycles. The van der Waals surface area contributed by atoms with Gasteiger partial charge in [-0.15, -0.1) is 0 Å². The smallest absolute Gasteiger partial charge is 0.120 e. The van der Waals surface area contributed by atoms with Gasteiger partial charge in [0.25, 0.3) is 0 Å². The Morgan fingerprint density at radius 1 is 1.35 bits per heavy atom. The first-order valence-corrected chi connectivity index (χ1v) is 6.72. The van der Waals surface area contributed by atoms with Crippen LogP contribution in [0.15, 0.2) is 35.0 Å². The van der Waals surface area contributed by atoms with Gasteiger partial charge in [-0.25, -0.2) is 0 Å². The van der Waals surface area contributed by atoms with Gasteiger partial charge in [0.15, 0.2) is 0 Å². The van der Waals surface area contributed by atoms with Crippen molar-refractivity contribution < 1.29 is 9.84 Å². The highest BCUT2D eigenvalue weighted by Gasteiger charge is 2.20. The number of thiophene rings is 1.